The van der Waals surface area contributed by atoms with Crippen molar-refractivity contribution in [3.05, 3.63) is 0 Å². The van der Waals surface area contributed by atoms with Crippen molar-refractivity contribution in [3.8, 4) is 0 Å². The average molecular weight is 170 g/mol. The lowest BCUT2D eigenvalue weighted by Gasteiger charge is -2.25. The Morgan fingerprint density at radius 3 is 2.67 bits per heavy atom. The van der Waals surface area contributed by atoms with E-state index in [0.717, 1.165) is 13.2 Å². The molecule has 0 aromatic heterocycles. The summed E-state index contributed by atoms with van der Waals surface area (Å²) in [5.74, 6) is 0.477. The molecule has 2 aliphatic rings. The van der Waals surface area contributed by atoms with E-state index in [0.29, 0.717) is 23.4 Å². The van der Waals surface area contributed by atoms with Crippen molar-refractivity contribution in [2.75, 3.05) is 19.8 Å². The van der Waals surface area contributed by atoms with E-state index in [2.05, 4.69) is 13.8 Å². The van der Waals surface area contributed by atoms with Crippen LogP contribution in [0.25, 0.3) is 0 Å². The van der Waals surface area contributed by atoms with Gasteiger partial charge in [-0.15, -0.1) is 0 Å². The van der Waals surface area contributed by atoms with Gasteiger partial charge in [0, 0.05) is 18.6 Å². The maximum absolute atomic E-state index is 9.20. The van der Waals surface area contributed by atoms with Gasteiger partial charge in [-0.2, -0.15) is 0 Å². The van der Waals surface area contributed by atoms with Crippen LogP contribution in [0.4, 0.5) is 0 Å². The number of hydrogen-bond acceptors (Lipinski definition) is 2. The fourth-order valence-electron chi connectivity index (χ4n) is 3.06. The van der Waals surface area contributed by atoms with E-state index in [9.17, 15) is 5.11 Å². The zero-order chi connectivity index (χ0) is 8.82. The molecule has 1 spiro atoms. The molecule has 1 N–H and O–H groups in total. The van der Waals surface area contributed by atoms with Gasteiger partial charge in [-0.3, -0.25) is 0 Å². The van der Waals surface area contributed by atoms with Crippen LogP contribution in [0.5, 0.6) is 0 Å². The summed E-state index contributed by atoms with van der Waals surface area (Å²) >= 11 is 0. The van der Waals surface area contributed by atoms with Gasteiger partial charge in [-0.1, -0.05) is 13.8 Å². The molecule has 0 radical (unpaired) electrons. The van der Waals surface area contributed by atoms with Crippen LogP contribution in [0.1, 0.15) is 26.7 Å². The number of ether oxygens (including phenoxy) is 1. The van der Waals surface area contributed by atoms with E-state index in [1.807, 2.05) is 0 Å². The molecule has 0 aromatic rings. The Kier molecular flexibility index (Phi) is 1.74. The zero-order valence-corrected chi connectivity index (χ0v) is 7.97. The molecule has 1 saturated heterocycles. The number of hydrogen-bond donors (Lipinski definition) is 1. The molecule has 1 aliphatic heterocycles. The molecule has 0 amide bonds. The molecule has 0 bridgehead atoms. The zero-order valence-electron chi connectivity index (χ0n) is 7.97. The number of aliphatic hydroxyl groups is 1. The van der Waals surface area contributed by atoms with Gasteiger partial charge in [0.25, 0.3) is 0 Å². The molecule has 2 nitrogen and oxygen atoms in total. The van der Waals surface area contributed by atoms with Crippen LogP contribution in [0, 0.1) is 16.7 Å². The summed E-state index contributed by atoms with van der Waals surface area (Å²) in [5.41, 5.74) is 0.627. The van der Waals surface area contributed by atoms with E-state index in [4.69, 9.17) is 4.74 Å². The van der Waals surface area contributed by atoms with Crippen molar-refractivity contribution in [3.63, 3.8) is 0 Å². The van der Waals surface area contributed by atoms with Gasteiger partial charge in [-0.25, -0.2) is 0 Å². The van der Waals surface area contributed by atoms with Crippen LogP contribution in [-0.2, 0) is 4.74 Å². The van der Waals surface area contributed by atoms with Crippen molar-refractivity contribution in [1.82, 2.24) is 0 Å². The third-order valence-electron chi connectivity index (χ3n) is 4.19. The minimum atomic E-state index is 0.308. The smallest absolute Gasteiger partial charge is 0.0531 e. The summed E-state index contributed by atoms with van der Waals surface area (Å²) in [4.78, 5) is 0. The highest BCUT2D eigenvalue weighted by Crippen LogP contribution is 2.71. The maximum Gasteiger partial charge on any atom is 0.0531 e. The van der Waals surface area contributed by atoms with Crippen molar-refractivity contribution < 1.29 is 9.84 Å². The molecule has 2 atom stereocenters. The lowest BCUT2D eigenvalue weighted by molar-refractivity contribution is 0.0209. The van der Waals surface area contributed by atoms with Gasteiger partial charge >= 0.3 is 0 Å². The van der Waals surface area contributed by atoms with Crippen molar-refractivity contribution in [2.45, 2.75) is 26.7 Å². The van der Waals surface area contributed by atoms with Crippen LogP contribution >= 0.6 is 0 Å². The minimum absolute atomic E-state index is 0.308. The molecular formula is C10H18O2. The van der Waals surface area contributed by atoms with Crippen molar-refractivity contribution >= 4 is 0 Å². The summed E-state index contributed by atoms with van der Waals surface area (Å²) < 4.78 is 5.50. The quantitative estimate of drug-likeness (QED) is 0.645. The van der Waals surface area contributed by atoms with Crippen LogP contribution in [0.15, 0.2) is 0 Å². The van der Waals surface area contributed by atoms with Gasteiger partial charge in [0.05, 0.1) is 6.61 Å². The third-order valence-corrected chi connectivity index (χ3v) is 4.19. The Bertz CT molecular complexity index is 180. The standard InChI is InChI=1S/C10H18O2/c1-9(2)8(6-11)10(9)4-3-5-12-7-10/h8,11H,3-7H2,1-2H3. The van der Waals surface area contributed by atoms with E-state index in [1.54, 1.807) is 0 Å². The molecule has 2 rings (SSSR count). The van der Waals surface area contributed by atoms with E-state index in [1.165, 1.54) is 12.8 Å². The second-order valence-corrected chi connectivity index (χ2v) is 4.77. The number of rotatable bonds is 1. The lowest BCUT2D eigenvalue weighted by Crippen LogP contribution is -2.23. The monoisotopic (exact) mass is 170 g/mol. The van der Waals surface area contributed by atoms with Crippen LogP contribution in [-0.4, -0.2) is 24.9 Å². The van der Waals surface area contributed by atoms with Gasteiger partial charge in [-0.05, 0) is 24.2 Å². The molecule has 1 aliphatic carbocycles. The second kappa shape index (κ2) is 2.46. The van der Waals surface area contributed by atoms with E-state index < -0.39 is 0 Å². The molecule has 1 heterocycles. The Hall–Kier alpha value is -0.0800. The maximum atomic E-state index is 9.20. The Balaban J connectivity index is 2.12. The largest absolute Gasteiger partial charge is 0.396 e. The first kappa shape index (κ1) is 8.52. The van der Waals surface area contributed by atoms with E-state index >= 15 is 0 Å². The van der Waals surface area contributed by atoms with Gasteiger partial charge in [0.1, 0.15) is 0 Å². The average Bonchev–Trinajstić information content (AvgIpc) is 2.49. The van der Waals surface area contributed by atoms with Gasteiger partial charge in [0.15, 0.2) is 0 Å². The lowest BCUT2D eigenvalue weighted by atomic mass is 9.90. The molecule has 12 heavy (non-hydrogen) atoms. The minimum Gasteiger partial charge on any atom is -0.396 e. The molecule has 70 valence electrons. The Morgan fingerprint density at radius 2 is 2.25 bits per heavy atom. The predicted octanol–water partition coefficient (Wildman–Crippen LogP) is 1.43. The first-order valence-corrected chi connectivity index (χ1v) is 4.84. The highest BCUT2D eigenvalue weighted by Gasteiger charge is 2.70. The summed E-state index contributed by atoms with van der Waals surface area (Å²) in [6.07, 6.45) is 2.41. The molecule has 1 saturated carbocycles. The van der Waals surface area contributed by atoms with Crippen molar-refractivity contribution in [2.24, 2.45) is 16.7 Å². The Morgan fingerprint density at radius 1 is 1.50 bits per heavy atom. The fraction of sp³-hybridized carbons (Fsp3) is 1.00. The normalized spacial score (nSPS) is 44.8. The SMILES string of the molecule is CC1(C)C(CO)C12CCCOC2. The summed E-state index contributed by atoms with van der Waals surface area (Å²) in [6, 6.07) is 0. The van der Waals surface area contributed by atoms with Crippen molar-refractivity contribution in [1.29, 1.82) is 0 Å². The van der Waals surface area contributed by atoms with Crippen LogP contribution < -0.4 is 0 Å². The summed E-state index contributed by atoms with van der Waals surface area (Å²) in [6.45, 7) is 6.61. The van der Waals surface area contributed by atoms with Gasteiger partial charge < -0.3 is 9.84 Å². The van der Waals surface area contributed by atoms with Gasteiger partial charge in [0.2, 0.25) is 0 Å². The second-order valence-electron chi connectivity index (χ2n) is 4.77. The summed E-state index contributed by atoms with van der Waals surface area (Å²) in [5, 5.41) is 9.20. The highest BCUT2D eigenvalue weighted by molar-refractivity contribution is 5.17. The molecule has 0 aromatic carbocycles. The molecular weight excluding hydrogens is 152 g/mol. The Labute approximate surface area is 73.9 Å². The first-order valence-electron chi connectivity index (χ1n) is 4.84. The van der Waals surface area contributed by atoms with Crippen LogP contribution in [0.3, 0.4) is 0 Å². The summed E-state index contributed by atoms with van der Waals surface area (Å²) in [7, 11) is 0. The fourth-order valence-corrected chi connectivity index (χ4v) is 3.06. The molecule has 2 unspecified atom stereocenters. The first-order chi connectivity index (χ1) is 5.65. The molecule has 2 fully saturated rings. The predicted molar refractivity (Wildman–Crippen MR) is 46.8 cm³/mol. The number of aliphatic hydroxyl groups excluding tert-OH is 1. The van der Waals surface area contributed by atoms with E-state index in [-0.39, 0.29) is 0 Å². The third kappa shape index (κ3) is 0.826. The molecule has 2 heteroatoms. The topological polar surface area (TPSA) is 29.5 Å². The van der Waals surface area contributed by atoms with Crippen LogP contribution in [0.2, 0.25) is 0 Å². The highest BCUT2D eigenvalue weighted by atomic mass is 16.5.